The minimum absolute atomic E-state index is 0.135. The van der Waals surface area contributed by atoms with E-state index in [1.807, 2.05) is 0 Å². The number of nitro benzene ring substituents is 1. The number of nitro groups is 1. The second kappa shape index (κ2) is 5.57. The Kier molecular flexibility index (Phi) is 4.04. The highest BCUT2D eigenvalue weighted by Crippen LogP contribution is 2.30. The van der Waals surface area contributed by atoms with Crippen LogP contribution in [0, 0.1) is 15.5 Å². The largest absolute Gasteiger partial charge is 0.384 e. The third-order valence-corrected chi connectivity index (χ3v) is 3.99. The number of hydrogen-bond donors (Lipinski definition) is 1. The smallest absolute Gasteiger partial charge is 0.269 e. The summed E-state index contributed by atoms with van der Waals surface area (Å²) >= 11 is 0. The van der Waals surface area contributed by atoms with Crippen LogP contribution in [-0.2, 0) is 0 Å². The second-order valence-corrected chi connectivity index (χ2v) is 5.77. The molecule has 19 heavy (non-hydrogen) atoms. The maximum Gasteiger partial charge on any atom is 0.269 e. The lowest BCUT2D eigenvalue weighted by Gasteiger charge is -2.38. The van der Waals surface area contributed by atoms with Crippen LogP contribution in [0.25, 0.3) is 0 Å². The molecule has 0 atom stereocenters. The molecule has 0 saturated carbocycles. The maximum atomic E-state index is 10.6. The topological polar surface area (TPSA) is 58.4 Å². The highest BCUT2D eigenvalue weighted by molar-refractivity contribution is 5.48. The van der Waals surface area contributed by atoms with Gasteiger partial charge in [0.05, 0.1) is 4.92 Å². The van der Waals surface area contributed by atoms with E-state index in [9.17, 15) is 10.1 Å². The highest BCUT2D eigenvalue weighted by atomic mass is 16.6. The van der Waals surface area contributed by atoms with Crippen molar-refractivity contribution >= 4 is 11.4 Å². The number of rotatable bonds is 4. The van der Waals surface area contributed by atoms with E-state index in [-0.39, 0.29) is 10.6 Å². The minimum atomic E-state index is -0.373. The Labute approximate surface area is 113 Å². The van der Waals surface area contributed by atoms with E-state index >= 15 is 0 Å². The maximum absolute atomic E-state index is 10.6. The Morgan fingerprint density at radius 2 is 1.89 bits per heavy atom. The van der Waals surface area contributed by atoms with E-state index in [1.54, 1.807) is 24.3 Å². The van der Waals surface area contributed by atoms with Gasteiger partial charge in [0.2, 0.25) is 0 Å². The van der Waals surface area contributed by atoms with Crippen LogP contribution in [0.3, 0.4) is 0 Å². The molecule has 0 amide bonds. The number of non-ortho nitro benzene ring substituents is 1. The molecule has 5 heteroatoms. The van der Waals surface area contributed by atoms with Crippen LogP contribution in [0.4, 0.5) is 11.4 Å². The predicted octanol–water partition coefficient (Wildman–Crippen LogP) is 2.74. The number of anilines is 1. The molecule has 0 unspecified atom stereocenters. The Balaban J connectivity index is 1.89. The van der Waals surface area contributed by atoms with Gasteiger partial charge in [0, 0.05) is 24.4 Å². The molecule has 1 heterocycles. The number of hydrogen-bond acceptors (Lipinski definition) is 4. The Morgan fingerprint density at radius 1 is 1.32 bits per heavy atom. The van der Waals surface area contributed by atoms with Gasteiger partial charge in [-0.3, -0.25) is 10.1 Å². The number of piperidine rings is 1. The van der Waals surface area contributed by atoms with Gasteiger partial charge in [0.15, 0.2) is 0 Å². The molecule has 0 radical (unpaired) electrons. The van der Waals surface area contributed by atoms with E-state index < -0.39 is 0 Å². The second-order valence-electron chi connectivity index (χ2n) is 5.77. The summed E-state index contributed by atoms with van der Waals surface area (Å²) in [4.78, 5) is 12.6. The van der Waals surface area contributed by atoms with Crippen molar-refractivity contribution in [2.75, 3.05) is 32.0 Å². The van der Waals surface area contributed by atoms with Gasteiger partial charge >= 0.3 is 0 Å². The van der Waals surface area contributed by atoms with Crippen molar-refractivity contribution in [2.24, 2.45) is 5.41 Å². The molecule has 1 aliphatic rings. The number of nitrogens with one attached hydrogen (secondary N) is 1. The van der Waals surface area contributed by atoms with Crippen molar-refractivity contribution in [3.05, 3.63) is 34.4 Å². The standard InChI is InChI=1S/C14H21N3O2/c1-14(7-9-16(2)10-8-14)11-15-12-3-5-13(6-4-12)17(18)19/h3-6,15H,7-11H2,1-2H3. The minimum Gasteiger partial charge on any atom is -0.384 e. The van der Waals surface area contributed by atoms with Crippen molar-refractivity contribution in [3.8, 4) is 0 Å². The first-order valence-electron chi connectivity index (χ1n) is 6.65. The van der Waals surface area contributed by atoms with E-state index in [0.29, 0.717) is 5.41 Å². The van der Waals surface area contributed by atoms with Gasteiger partial charge in [-0.05, 0) is 50.5 Å². The Morgan fingerprint density at radius 3 is 2.42 bits per heavy atom. The van der Waals surface area contributed by atoms with Crippen LogP contribution in [0.5, 0.6) is 0 Å². The summed E-state index contributed by atoms with van der Waals surface area (Å²) in [5.41, 5.74) is 1.40. The SMILES string of the molecule is CN1CCC(C)(CNc2ccc([N+](=O)[O-])cc2)CC1. The van der Waals surface area contributed by atoms with E-state index in [2.05, 4.69) is 24.2 Å². The molecule has 1 aliphatic heterocycles. The fraction of sp³-hybridized carbons (Fsp3) is 0.571. The van der Waals surface area contributed by atoms with Crippen LogP contribution in [0.2, 0.25) is 0 Å². The Hall–Kier alpha value is -1.62. The molecule has 2 rings (SSSR count). The van der Waals surface area contributed by atoms with E-state index in [0.717, 1.165) is 25.3 Å². The van der Waals surface area contributed by atoms with Gasteiger partial charge in [-0.1, -0.05) is 6.92 Å². The molecule has 1 aromatic carbocycles. The summed E-state index contributed by atoms with van der Waals surface area (Å²) in [6.07, 6.45) is 2.37. The molecule has 5 nitrogen and oxygen atoms in total. The fourth-order valence-corrected chi connectivity index (χ4v) is 2.35. The fourth-order valence-electron chi connectivity index (χ4n) is 2.35. The first-order valence-corrected chi connectivity index (χ1v) is 6.65. The van der Waals surface area contributed by atoms with Gasteiger partial charge in [-0.15, -0.1) is 0 Å². The normalized spacial score (nSPS) is 19.1. The lowest BCUT2D eigenvalue weighted by molar-refractivity contribution is -0.384. The van der Waals surface area contributed by atoms with Gasteiger partial charge < -0.3 is 10.2 Å². The lowest BCUT2D eigenvalue weighted by atomic mass is 9.80. The third-order valence-electron chi connectivity index (χ3n) is 3.99. The molecule has 1 saturated heterocycles. The predicted molar refractivity (Wildman–Crippen MR) is 76.4 cm³/mol. The van der Waals surface area contributed by atoms with Crippen LogP contribution >= 0.6 is 0 Å². The van der Waals surface area contributed by atoms with E-state index in [1.165, 1.54) is 12.8 Å². The summed E-state index contributed by atoms with van der Waals surface area (Å²) in [7, 11) is 2.16. The number of likely N-dealkylation sites (tertiary alicyclic amines) is 1. The number of benzene rings is 1. The third kappa shape index (κ3) is 3.67. The average molecular weight is 263 g/mol. The summed E-state index contributed by atoms with van der Waals surface area (Å²) in [6.45, 7) is 5.49. The molecule has 0 aliphatic carbocycles. The molecule has 0 spiro atoms. The number of nitrogens with zero attached hydrogens (tertiary/aromatic N) is 2. The van der Waals surface area contributed by atoms with Crippen LogP contribution in [0.15, 0.2) is 24.3 Å². The summed E-state index contributed by atoms with van der Waals surface area (Å²) < 4.78 is 0. The average Bonchev–Trinajstić information content (AvgIpc) is 2.41. The van der Waals surface area contributed by atoms with Crippen molar-refractivity contribution in [3.63, 3.8) is 0 Å². The first-order chi connectivity index (χ1) is 8.98. The molecular weight excluding hydrogens is 242 g/mol. The van der Waals surface area contributed by atoms with Crippen LogP contribution < -0.4 is 5.32 Å². The van der Waals surface area contributed by atoms with Crippen LogP contribution in [-0.4, -0.2) is 36.5 Å². The molecule has 1 aromatic rings. The van der Waals surface area contributed by atoms with Gasteiger partial charge in [0.25, 0.3) is 5.69 Å². The highest BCUT2D eigenvalue weighted by Gasteiger charge is 2.28. The summed E-state index contributed by atoms with van der Waals surface area (Å²) in [5, 5.41) is 14.0. The zero-order valence-electron chi connectivity index (χ0n) is 11.6. The van der Waals surface area contributed by atoms with E-state index in [4.69, 9.17) is 0 Å². The molecule has 1 fully saturated rings. The zero-order valence-corrected chi connectivity index (χ0v) is 11.6. The van der Waals surface area contributed by atoms with Crippen molar-refractivity contribution in [1.82, 2.24) is 4.90 Å². The zero-order chi connectivity index (χ0) is 13.9. The summed E-state index contributed by atoms with van der Waals surface area (Å²) in [6, 6.07) is 6.63. The van der Waals surface area contributed by atoms with Gasteiger partial charge in [-0.25, -0.2) is 0 Å². The van der Waals surface area contributed by atoms with Crippen molar-refractivity contribution < 1.29 is 4.92 Å². The Bertz CT molecular complexity index is 437. The van der Waals surface area contributed by atoms with Crippen molar-refractivity contribution in [1.29, 1.82) is 0 Å². The molecular formula is C14H21N3O2. The van der Waals surface area contributed by atoms with Crippen LogP contribution in [0.1, 0.15) is 19.8 Å². The summed E-state index contributed by atoms with van der Waals surface area (Å²) in [5.74, 6) is 0. The quantitative estimate of drug-likeness (QED) is 0.670. The lowest BCUT2D eigenvalue weighted by Crippen LogP contribution is -2.40. The molecule has 0 bridgehead atoms. The van der Waals surface area contributed by atoms with Gasteiger partial charge in [-0.2, -0.15) is 0 Å². The molecule has 0 aromatic heterocycles. The molecule has 104 valence electrons. The van der Waals surface area contributed by atoms with Crippen molar-refractivity contribution in [2.45, 2.75) is 19.8 Å². The monoisotopic (exact) mass is 263 g/mol. The molecule has 1 N–H and O–H groups in total. The first kappa shape index (κ1) is 13.8. The van der Waals surface area contributed by atoms with Gasteiger partial charge in [0.1, 0.15) is 0 Å².